The van der Waals surface area contributed by atoms with E-state index >= 15 is 0 Å². The van der Waals surface area contributed by atoms with Gasteiger partial charge in [0.25, 0.3) is 0 Å². The van der Waals surface area contributed by atoms with Crippen LogP contribution in [0, 0.1) is 0 Å². The molecule has 0 spiro atoms. The second-order valence-electron chi connectivity index (χ2n) is 7.21. The molecule has 0 radical (unpaired) electrons. The van der Waals surface area contributed by atoms with E-state index in [9.17, 15) is 0 Å². The summed E-state index contributed by atoms with van der Waals surface area (Å²) < 4.78 is 19.0. The molecule has 0 N–H and O–H groups in total. The Morgan fingerprint density at radius 2 is 1.60 bits per heavy atom. The van der Waals surface area contributed by atoms with Gasteiger partial charge in [0.15, 0.2) is 17.3 Å². The molecule has 4 aromatic rings. The molecule has 0 aliphatic carbocycles. The summed E-state index contributed by atoms with van der Waals surface area (Å²) in [7, 11) is 0. The Labute approximate surface area is 175 Å². The van der Waals surface area contributed by atoms with Gasteiger partial charge in [-0.2, -0.15) is 0 Å². The number of ether oxygens (including phenoxy) is 2. The van der Waals surface area contributed by atoms with Crippen LogP contribution in [0.2, 0.25) is 0 Å². The van der Waals surface area contributed by atoms with Crippen LogP contribution in [0.4, 0.5) is 0 Å². The molecule has 6 heteroatoms. The fourth-order valence-corrected chi connectivity index (χ4v) is 3.88. The van der Waals surface area contributed by atoms with Gasteiger partial charge in [-0.3, -0.25) is 0 Å². The third-order valence-electron chi connectivity index (χ3n) is 5.30. The Hall–Kier alpha value is -3.54. The summed E-state index contributed by atoms with van der Waals surface area (Å²) in [6, 6.07) is 16.2. The zero-order valence-electron chi connectivity index (χ0n) is 17.1. The van der Waals surface area contributed by atoms with Crippen molar-refractivity contribution >= 4 is 0 Å². The van der Waals surface area contributed by atoms with Crippen molar-refractivity contribution in [3.8, 4) is 34.3 Å². The number of hydrogen-bond acceptors (Lipinski definition) is 5. The Kier molecular flexibility index (Phi) is 4.75. The summed E-state index contributed by atoms with van der Waals surface area (Å²) in [6.07, 6.45) is 2.74. The molecule has 0 atom stereocenters. The number of benzene rings is 2. The maximum atomic E-state index is 5.69. The number of hydrogen-bond donors (Lipinski definition) is 0. The van der Waals surface area contributed by atoms with Crippen molar-refractivity contribution in [1.82, 2.24) is 14.7 Å². The molecule has 2 aromatic carbocycles. The van der Waals surface area contributed by atoms with Crippen molar-refractivity contribution in [2.45, 2.75) is 26.8 Å². The molecule has 5 rings (SSSR count). The van der Waals surface area contributed by atoms with Crippen LogP contribution in [0.3, 0.4) is 0 Å². The lowest BCUT2D eigenvalue weighted by molar-refractivity contribution is 0.340. The van der Waals surface area contributed by atoms with Crippen LogP contribution in [-0.4, -0.2) is 27.9 Å². The molecule has 3 heterocycles. The highest BCUT2D eigenvalue weighted by atomic mass is 16.5. The van der Waals surface area contributed by atoms with E-state index in [0.29, 0.717) is 19.8 Å². The minimum Gasteiger partial charge on any atom is -0.494 e. The molecule has 1 aliphatic rings. The molecule has 0 amide bonds. The fraction of sp³-hybridized carbons (Fsp3) is 0.250. The minimum absolute atomic E-state index is 0.648. The van der Waals surface area contributed by atoms with Crippen LogP contribution in [0.25, 0.3) is 22.8 Å². The van der Waals surface area contributed by atoms with E-state index in [1.165, 1.54) is 5.56 Å². The van der Waals surface area contributed by atoms with Crippen molar-refractivity contribution in [3.63, 3.8) is 0 Å². The number of aromatic nitrogens is 3. The molecule has 0 fully saturated rings. The van der Waals surface area contributed by atoms with Crippen LogP contribution >= 0.6 is 0 Å². The van der Waals surface area contributed by atoms with Gasteiger partial charge in [0.05, 0.1) is 25.3 Å². The summed E-state index contributed by atoms with van der Waals surface area (Å²) >= 11 is 0. The van der Waals surface area contributed by atoms with Gasteiger partial charge in [0.2, 0.25) is 0 Å². The van der Waals surface area contributed by atoms with E-state index in [-0.39, 0.29) is 0 Å². The molecule has 2 aromatic heterocycles. The zero-order chi connectivity index (χ0) is 20.5. The lowest BCUT2D eigenvalue weighted by atomic mass is 10.1. The van der Waals surface area contributed by atoms with E-state index in [4.69, 9.17) is 14.0 Å². The van der Waals surface area contributed by atoms with Gasteiger partial charge in [0, 0.05) is 23.9 Å². The standard InChI is InChI=1S/C24H23N3O3/c1-3-28-19-9-5-16(6-10-19)13-18-14-25-24-22-21(15-27(18)24)23(30-26-22)17-7-11-20(12-8-17)29-4-2/h5-12,14H,3-4,13,15H2,1-2H3. The summed E-state index contributed by atoms with van der Waals surface area (Å²) in [5.41, 5.74) is 5.28. The Bertz CT molecular complexity index is 1160. The van der Waals surface area contributed by atoms with Crippen LogP contribution in [-0.2, 0) is 13.0 Å². The van der Waals surface area contributed by atoms with E-state index in [0.717, 1.165) is 52.0 Å². The highest BCUT2D eigenvalue weighted by molar-refractivity contribution is 5.73. The van der Waals surface area contributed by atoms with Crippen LogP contribution < -0.4 is 9.47 Å². The molecule has 0 bridgehead atoms. The highest BCUT2D eigenvalue weighted by Crippen LogP contribution is 2.38. The van der Waals surface area contributed by atoms with Crippen molar-refractivity contribution in [2.24, 2.45) is 0 Å². The second kappa shape index (κ2) is 7.71. The average Bonchev–Trinajstić information content (AvgIpc) is 3.44. The summed E-state index contributed by atoms with van der Waals surface area (Å²) in [5.74, 6) is 3.41. The Morgan fingerprint density at radius 3 is 2.27 bits per heavy atom. The first kappa shape index (κ1) is 18.5. The normalized spacial score (nSPS) is 11.9. The second-order valence-corrected chi connectivity index (χ2v) is 7.21. The number of nitrogens with zero attached hydrogens (tertiary/aromatic N) is 3. The van der Waals surface area contributed by atoms with Crippen molar-refractivity contribution in [3.05, 3.63) is 71.5 Å². The van der Waals surface area contributed by atoms with Crippen LogP contribution in [0.1, 0.15) is 30.7 Å². The third kappa shape index (κ3) is 3.24. The smallest absolute Gasteiger partial charge is 0.172 e. The number of imidazole rings is 1. The monoisotopic (exact) mass is 401 g/mol. The van der Waals surface area contributed by atoms with E-state index in [2.05, 4.69) is 26.8 Å². The van der Waals surface area contributed by atoms with Crippen molar-refractivity contribution in [1.29, 1.82) is 0 Å². The number of fused-ring (bicyclic) bond motifs is 3. The van der Waals surface area contributed by atoms with Crippen molar-refractivity contribution < 1.29 is 14.0 Å². The molecule has 6 nitrogen and oxygen atoms in total. The molecular weight excluding hydrogens is 378 g/mol. The molecule has 0 saturated heterocycles. The predicted octanol–water partition coefficient (Wildman–Crippen LogP) is 4.96. The lowest BCUT2D eigenvalue weighted by Crippen LogP contribution is -2.02. The van der Waals surface area contributed by atoms with Gasteiger partial charge < -0.3 is 18.6 Å². The predicted molar refractivity (Wildman–Crippen MR) is 114 cm³/mol. The summed E-state index contributed by atoms with van der Waals surface area (Å²) in [5, 5.41) is 4.32. The molecule has 0 saturated carbocycles. The van der Waals surface area contributed by atoms with Gasteiger partial charge >= 0.3 is 0 Å². The highest BCUT2D eigenvalue weighted by Gasteiger charge is 2.30. The van der Waals surface area contributed by atoms with Gasteiger partial charge in [0.1, 0.15) is 11.5 Å². The van der Waals surface area contributed by atoms with E-state index in [1.807, 2.05) is 56.4 Å². The molecule has 0 unspecified atom stereocenters. The van der Waals surface area contributed by atoms with Gasteiger partial charge in [-0.25, -0.2) is 4.98 Å². The van der Waals surface area contributed by atoms with E-state index in [1.54, 1.807) is 0 Å². The van der Waals surface area contributed by atoms with E-state index < -0.39 is 0 Å². The fourth-order valence-electron chi connectivity index (χ4n) is 3.88. The quantitative estimate of drug-likeness (QED) is 0.386. The first-order valence-electron chi connectivity index (χ1n) is 10.2. The van der Waals surface area contributed by atoms with Crippen LogP contribution in [0.5, 0.6) is 11.5 Å². The minimum atomic E-state index is 0.648. The zero-order valence-corrected chi connectivity index (χ0v) is 17.1. The molecule has 152 valence electrons. The number of rotatable bonds is 7. The topological polar surface area (TPSA) is 62.3 Å². The molecule has 1 aliphatic heterocycles. The van der Waals surface area contributed by atoms with Gasteiger partial charge in [-0.15, -0.1) is 0 Å². The van der Waals surface area contributed by atoms with Crippen LogP contribution in [0.15, 0.2) is 59.3 Å². The SMILES string of the molecule is CCOc1ccc(Cc2cnc3n2Cc2c-3noc2-c2ccc(OCC)cc2)cc1. The van der Waals surface area contributed by atoms with Gasteiger partial charge in [-0.05, 0) is 55.8 Å². The van der Waals surface area contributed by atoms with Crippen molar-refractivity contribution in [2.75, 3.05) is 13.2 Å². The Morgan fingerprint density at radius 1 is 0.933 bits per heavy atom. The average molecular weight is 401 g/mol. The third-order valence-corrected chi connectivity index (χ3v) is 5.30. The maximum Gasteiger partial charge on any atom is 0.172 e. The molecular formula is C24H23N3O3. The maximum absolute atomic E-state index is 5.69. The first-order valence-corrected chi connectivity index (χ1v) is 10.2. The summed E-state index contributed by atoms with van der Waals surface area (Å²) in [4.78, 5) is 4.62. The lowest BCUT2D eigenvalue weighted by Gasteiger charge is -2.08. The van der Waals surface area contributed by atoms with Gasteiger partial charge in [-0.1, -0.05) is 17.3 Å². The summed E-state index contributed by atoms with van der Waals surface area (Å²) in [6.45, 7) is 6.00. The first-order chi connectivity index (χ1) is 14.8. The Balaban J connectivity index is 1.38. The molecule has 30 heavy (non-hydrogen) atoms. The largest absolute Gasteiger partial charge is 0.494 e.